The van der Waals surface area contributed by atoms with E-state index in [-0.39, 0.29) is 6.71 Å². The first-order chi connectivity index (χ1) is 34.3. The zero-order chi connectivity index (χ0) is 45.2. The van der Waals surface area contributed by atoms with Gasteiger partial charge >= 0.3 is 0 Å². The minimum absolute atomic E-state index is 0.0257. The summed E-state index contributed by atoms with van der Waals surface area (Å²) < 4.78 is 5.26. The Hall–Kier alpha value is -7.60. The summed E-state index contributed by atoms with van der Waals surface area (Å²) >= 11 is 2.00. The monoisotopic (exact) mass is 901 g/mol. The molecule has 0 radical (unpaired) electrons. The van der Waals surface area contributed by atoms with Gasteiger partial charge in [0.2, 0.25) is 0 Å². The van der Waals surface area contributed by atoms with E-state index in [1.54, 1.807) is 0 Å². The van der Waals surface area contributed by atoms with Crippen LogP contribution in [0.1, 0.15) is 47.9 Å². The average Bonchev–Trinajstić information content (AvgIpc) is 3.97. The molecular formula is C64H48BN3S. The maximum Gasteiger partial charge on any atom is 0.264 e. The van der Waals surface area contributed by atoms with Gasteiger partial charge in [-0.1, -0.05) is 152 Å². The molecule has 2 aliphatic carbocycles. The topological polar surface area (TPSA) is 11.4 Å². The molecule has 15 rings (SSSR count). The van der Waals surface area contributed by atoms with Gasteiger partial charge < -0.3 is 14.4 Å². The van der Waals surface area contributed by atoms with Crippen molar-refractivity contribution in [1.82, 2.24) is 4.57 Å². The molecule has 11 aromatic rings. The number of para-hydroxylation sites is 2. The van der Waals surface area contributed by atoms with Crippen molar-refractivity contribution in [2.24, 2.45) is 0 Å². The predicted octanol–water partition coefficient (Wildman–Crippen LogP) is 15.2. The van der Waals surface area contributed by atoms with E-state index in [2.05, 4.69) is 208 Å². The molecule has 0 bridgehead atoms. The van der Waals surface area contributed by atoms with Gasteiger partial charge in [-0.15, -0.1) is 11.3 Å². The largest absolute Gasteiger partial charge is 0.310 e. The molecule has 0 spiro atoms. The number of rotatable bonds is 5. The highest BCUT2D eigenvalue weighted by Crippen LogP contribution is 2.54. The van der Waals surface area contributed by atoms with Crippen molar-refractivity contribution in [2.75, 3.05) is 9.80 Å². The van der Waals surface area contributed by atoms with Gasteiger partial charge in [-0.25, -0.2) is 0 Å². The summed E-state index contributed by atoms with van der Waals surface area (Å²) in [5.41, 5.74) is 25.4. The van der Waals surface area contributed by atoms with Gasteiger partial charge in [0, 0.05) is 59.5 Å². The average molecular weight is 902 g/mol. The zero-order valence-electron chi connectivity index (χ0n) is 38.5. The van der Waals surface area contributed by atoms with Crippen LogP contribution in [0.15, 0.2) is 194 Å². The zero-order valence-corrected chi connectivity index (χ0v) is 39.3. The molecule has 0 atom stereocenters. The number of hydrogen-bond acceptors (Lipinski definition) is 3. The van der Waals surface area contributed by atoms with Crippen LogP contribution in [0.2, 0.25) is 0 Å². The van der Waals surface area contributed by atoms with E-state index in [1.807, 2.05) is 11.3 Å². The van der Waals surface area contributed by atoms with Crippen molar-refractivity contribution in [2.45, 2.75) is 51.4 Å². The van der Waals surface area contributed by atoms with Crippen LogP contribution in [0, 0.1) is 0 Å². The quantitative estimate of drug-likeness (QED) is 0.159. The Labute approximate surface area is 407 Å². The normalized spacial score (nSPS) is 14.7. The Morgan fingerprint density at radius 3 is 1.58 bits per heavy atom. The first-order valence-corrected chi connectivity index (χ1v) is 25.9. The summed E-state index contributed by atoms with van der Waals surface area (Å²) in [6.07, 6.45) is 9.22. The van der Waals surface area contributed by atoms with E-state index in [0.29, 0.717) is 0 Å². The van der Waals surface area contributed by atoms with Crippen LogP contribution >= 0.6 is 11.3 Å². The second-order valence-corrected chi connectivity index (χ2v) is 20.7. The van der Waals surface area contributed by atoms with Gasteiger partial charge in [0.25, 0.3) is 6.71 Å². The van der Waals surface area contributed by atoms with Gasteiger partial charge in [-0.2, -0.15) is 0 Å². The summed E-state index contributed by atoms with van der Waals surface area (Å²) in [5, 5.41) is 3.89. The minimum atomic E-state index is 0.0257. The number of nitrogens with zero attached hydrogens (tertiary/aromatic N) is 3. The van der Waals surface area contributed by atoms with Gasteiger partial charge in [0.05, 0.1) is 28.1 Å². The lowest BCUT2D eigenvalue weighted by Crippen LogP contribution is -2.60. The molecular weight excluding hydrogens is 854 g/mol. The highest BCUT2D eigenvalue weighted by Gasteiger charge is 2.47. The van der Waals surface area contributed by atoms with Crippen LogP contribution in [-0.4, -0.2) is 11.3 Å². The fourth-order valence-corrected chi connectivity index (χ4v) is 14.3. The van der Waals surface area contributed by atoms with E-state index < -0.39 is 0 Å². The Balaban J connectivity index is 1.08. The SMILES string of the molecule is c1ccc(-c2ccc3c(c2N2c4cc(-n5c6ccccc6c6ccccc65)ccc4B4c5sc6ccccc6c5N(c5c(-c6ccccc6)ccc6c5CCCC6)c5cccc2c54)CCCC3)cc1. The Morgan fingerprint density at radius 1 is 0.406 bits per heavy atom. The minimum Gasteiger partial charge on any atom is -0.310 e. The van der Waals surface area contributed by atoms with Crippen LogP contribution in [0.5, 0.6) is 0 Å². The number of aryl methyl sites for hydroxylation is 2. The lowest BCUT2D eigenvalue weighted by Gasteiger charge is -2.45. The number of hydrogen-bond donors (Lipinski definition) is 0. The molecule has 0 saturated carbocycles. The molecule has 0 fully saturated rings. The third kappa shape index (κ3) is 5.80. The van der Waals surface area contributed by atoms with E-state index in [0.717, 1.165) is 25.7 Å². The Morgan fingerprint density at radius 2 is 0.942 bits per heavy atom. The van der Waals surface area contributed by atoms with Crippen molar-refractivity contribution in [3.05, 3.63) is 216 Å². The lowest BCUT2D eigenvalue weighted by molar-refractivity contribution is 0.686. The van der Waals surface area contributed by atoms with Crippen molar-refractivity contribution >= 4 is 99.8 Å². The fourth-order valence-electron chi connectivity index (χ4n) is 13.0. The maximum atomic E-state index is 2.75. The molecule has 69 heavy (non-hydrogen) atoms. The summed E-state index contributed by atoms with van der Waals surface area (Å²) in [6, 6.07) is 73.9. The number of fused-ring (bicyclic) bond motifs is 11. The molecule has 4 aliphatic rings. The van der Waals surface area contributed by atoms with Gasteiger partial charge in [-0.3, -0.25) is 0 Å². The summed E-state index contributed by atoms with van der Waals surface area (Å²) in [6.45, 7) is 0.0257. The third-order valence-electron chi connectivity index (χ3n) is 15.9. The van der Waals surface area contributed by atoms with E-state index in [9.17, 15) is 0 Å². The number of benzene rings is 9. The molecule has 0 saturated heterocycles. The second-order valence-electron chi connectivity index (χ2n) is 19.6. The number of aromatic nitrogens is 1. The lowest BCUT2D eigenvalue weighted by atomic mass is 9.36. The van der Waals surface area contributed by atoms with Crippen LogP contribution in [-0.2, 0) is 25.7 Å². The first kappa shape index (κ1) is 39.4. The standard InChI is InChI=1S/C64H48BN3S/c1-3-18-41(19-4-1)48-37-34-43-22-7-9-24-46(43)61(48)67-56-31-17-32-57-60(56)65(53-39-36-45(40-58(53)67)66-54-29-14-11-26-50(54)51-27-12-15-30-55(51)66)64-63(52-28-13-16-33-59(52)69-64)68(57)62-47-25-10-8-23-44(47)35-38-49(62)42-20-5-2-6-21-42/h1-6,11-21,26-40H,7-10,22-25H2. The van der Waals surface area contributed by atoms with Crippen molar-refractivity contribution in [3.63, 3.8) is 0 Å². The Bertz CT molecular complexity index is 3830. The van der Waals surface area contributed by atoms with Crippen molar-refractivity contribution < 1.29 is 0 Å². The van der Waals surface area contributed by atoms with Gasteiger partial charge in [0.15, 0.2) is 0 Å². The summed E-state index contributed by atoms with van der Waals surface area (Å²) in [7, 11) is 0. The third-order valence-corrected chi connectivity index (χ3v) is 17.2. The molecule has 4 heterocycles. The van der Waals surface area contributed by atoms with Crippen LogP contribution in [0.4, 0.5) is 34.1 Å². The predicted molar refractivity (Wildman–Crippen MR) is 294 cm³/mol. The molecule has 3 nitrogen and oxygen atoms in total. The summed E-state index contributed by atoms with van der Waals surface area (Å²) in [5.74, 6) is 0. The van der Waals surface area contributed by atoms with E-state index >= 15 is 0 Å². The van der Waals surface area contributed by atoms with Crippen molar-refractivity contribution in [1.29, 1.82) is 0 Å². The summed E-state index contributed by atoms with van der Waals surface area (Å²) in [4.78, 5) is 5.49. The number of thiophene rings is 1. The van der Waals surface area contributed by atoms with Gasteiger partial charge in [-0.05, 0) is 138 Å². The molecule has 2 aliphatic heterocycles. The van der Waals surface area contributed by atoms with E-state index in [1.165, 1.54) is 158 Å². The molecule has 5 heteroatoms. The highest BCUT2D eigenvalue weighted by atomic mass is 32.1. The number of anilines is 6. The molecule has 0 amide bonds. The highest BCUT2D eigenvalue weighted by molar-refractivity contribution is 7.33. The molecule has 9 aromatic carbocycles. The van der Waals surface area contributed by atoms with Gasteiger partial charge in [0.1, 0.15) is 0 Å². The van der Waals surface area contributed by atoms with Crippen LogP contribution < -0.4 is 25.5 Å². The molecule has 2 aromatic heterocycles. The van der Waals surface area contributed by atoms with E-state index in [4.69, 9.17) is 0 Å². The van der Waals surface area contributed by atoms with Crippen LogP contribution in [0.25, 0.3) is 59.8 Å². The fraction of sp³-hybridized carbons (Fsp3) is 0.125. The second kappa shape index (κ2) is 15.5. The Kier molecular flexibility index (Phi) is 8.83. The maximum absolute atomic E-state index is 2.75. The molecule has 0 N–H and O–H groups in total. The van der Waals surface area contributed by atoms with Crippen LogP contribution in [0.3, 0.4) is 0 Å². The molecule has 328 valence electrons. The first-order valence-electron chi connectivity index (χ1n) is 25.1. The van der Waals surface area contributed by atoms with Crippen molar-refractivity contribution in [3.8, 4) is 27.9 Å². The molecule has 0 unspecified atom stereocenters. The smallest absolute Gasteiger partial charge is 0.264 e.